The standard InChI is InChI=1S/C20H19NO5S/c1-25-18-10-12-19(13-11-18)27(23,24)21(16-14-20(22)26-2)15-6-9-17-7-4-3-5-8-17/h3-5,7-8,10-14,16H,15H2,1-2H3/b16-14+. The quantitative estimate of drug-likeness (QED) is 0.434. The van der Waals surface area contributed by atoms with Gasteiger partial charge in [0.15, 0.2) is 0 Å². The molecule has 0 radical (unpaired) electrons. The molecule has 0 aliphatic rings. The molecule has 0 N–H and O–H groups in total. The van der Waals surface area contributed by atoms with Crippen molar-refractivity contribution in [3.05, 3.63) is 72.4 Å². The van der Waals surface area contributed by atoms with Crippen molar-refractivity contribution in [1.29, 1.82) is 0 Å². The number of carbonyl (C=O) groups is 1. The normalized spacial score (nSPS) is 10.7. The van der Waals surface area contributed by atoms with Gasteiger partial charge >= 0.3 is 5.97 Å². The number of rotatable bonds is 6. The smallest absolute Gasteiger partial charge is 0.331 e. The van der Waals surface area contributed by atoms with Crippen LogP contribution < -0.4 is 4.74 Å². The Balaban J connectivity index is 2.31. The minimum atomic E-state index is -3.90. The third-order valence-electron chi connectivity index (χ3n) is 3.49. The average molecular weight is 385 g/mol. The van der Waals surface area contributed by atoms with Crippen molar-refractivity contribution in [2.75, 3.05) is 20.8 Å². The zero-order chi connectivity index (χ0) is 19.7. The fourth-order valence-corrected chi connectivity index (χ4v) is 3.26. The van der Waals surface area contributed by atoms with Gasteiger partial charge in [0.05, 0.1) is 25.7 Å². The van der Waals surface area contributed by atoms with Crippen molar-refractivity contribution in [2.45, 2.75) is 4.90 Å². The molecular formula is C20H19NO5S. The molecule has 0 fully saturated rings. The SMILES string of the molecule is COC(=O)/C=C/N(CC#Cc1ccccc1)S(=O)(=O)c1ccc(OC)cc1. The number of hydrogen-bond donors (Lipinski definition) is 0. The zero-order valence-electron chi connectivity index (χ0n) is 15.0. The molecule has 0 spiro atoms. The molecular weight excluding hydrogens is 366 g/mol. The number of benzene rings is 2. The average Bonchev–Trinajstić information content (AvgIpc) is 2.70. The molecule has 6 nitrogen and oxygen atoms in total. The zero-order valence-corrected chi connectivity index (χ0v) is 15.8. The van der Waals surface area contributed by atoms with Crippen LogP contribution in [-0.4, -0.2) is 39.5 Å². The molecule has 2 aromatic carbocycles. The second kappa shape index (κ2) is 9.46. The molecule has 0 saturated heterocycles. The minimum absolute atomic E-state index is 0.0549. The largest absolute Gasteiger partial charge is 0.497 e. The van der Waals surface area contributed by atoms with Crippen molar-refractivity contribution in [3.63, 3.8) is 0 Å². The van der Waals surface area contributed by atoms with Crippen LogP contribution in [0.5, 0.6) is 5.75 Å². The lowest BCUT2D eigenvalue weighted by Crippen LogP contribution is -2.26. The number of hydrogen-bond acceptors (Lipinski definition) is 5. The molecule has 0 unspecified atom stereocenters. The summed E-state index contributed by atoms with van der Waals surface area (Å²) >= 11 is 0. The number of nitrogens with zero attached hydrogens (tertiary/aromatic N) is 1. The Hall–Kier alpha value is -3.24. The van der Waals surface area contributed by atoms with Crippen molar-refractivity contribution < 1.29 is 22.7 Å². The first-order valence-corrected chi connectivity index (χ1v) is 9.37. The van der Waals surface area contributed by atoms with E-state index >= 15 is 0 Å². The number of esters is 1. The molecule has 27 heavy (non-hydrogen) atoms. The Morgan fingerprint density at radius 1 is 1.07 bits per heavy atom. The van der Waals surface area contributed by atoms with E-state index in [-0.39, 0.29) is 11.4 Å². The second-order valence-corrected chi connectivity index (χ2v) is 7.12. The van der Waals surface area contributed by atoms with Crippen LogP contribution >= 0.6 is 0 Å². The van der Waals surface area contributed by atoms with Crippen molar-refractivity contribution >= 4 is 16.0 Å². The van der Waals surface area contributed by atoms with Gasteiger partial charge in [0.2, 0.25) is 0 Å². The molecule has 0 saturated carbocycles. The van der Waals surface area contributed by atoms with E-state index in [1.807, 2.05) is 30.3 Å². The molecule has 0 aliphatic carbocycles. The van der Waals surface area contributed by atoms with Crippen LogP contribution in [0, 0.1) is 11.8 Å². The van der Waals surface area contributed by atoms with Crippen LogP contribution in [0.4, 0.5) is 0 Å². The highest BCUT2D eigenvalue weighted by atomic mass is 32.2. The number of ether oxygens (including phenoxy) is 2. The maximum atomic E-state index is 12.9. The van der Waals surface area contributed by atoms with Crippen LogP contribution in [0.2, 0.25) is 0 Å². The monoisotopic (exact) mass is 385 g/mol. The predicted octanol–water partition coefficient (Wildman–Crippen LogP) is 2.42. The molecule has 140 valence electrons. The van der Waals surface area contributed by atoms with Crippen LogP contribution in [0.15, 0.2) is 71.8 Å². The summed E-state index contributed by atoms with van der Waals surface area (Å²) in [4.78, 5) is 11.4. The van der Waals surface area contributed by atoms with E-state index in [2.05, 4.69) is 16.6 Å². The Bertz CT molecular complexity index is 955. The van der Waals surface area contributed by atoms with Gasteiger partial charge < -0.3 is 9.47 Å². The van der Waals surface area contributed by atoms with Crippen LogP contribution in [0.1, 0.15) is 5.56 Å². The summed E-state index contributed by atoms with van der Waals surface area (Å²) in [6.07, 6.45) is 2.18. The summed E-state index contributed by atoms with van der Waals surface area (Å²) in [5.74, 6) is 5.57. The van der Waals surface area contributed by atoms with E-state index in [1.54, 1.807) is 12.1 Å². The maximum absolute atomic E-state index is 12.9. The van der Waals surface area contributed by atoms with E-state index in [4.69, 9.17) is 4.74 Å². The van der Waals surface area contributed by atoms with Gasteiger partial charge in [-0.2, -0.15) is 0 Å². The van der Waals surface area contributed by atoms with Gasteiger partial charge in [-0.1, -0.05) is 30.0 Å². The van der Waals surface area contributed by atoms with Gasteiger partial charge in [0.1, 0.15) is 5.75 Å². The molecule has 2 rings (SSSR count). The molecule has 2 aromatic rings. The van der Waals surface area contributed by atoms with E-state index < -0.39 is 16.0 Å². The fraction of sp³-hybridized carbons (Fsp3) is 0.150. The van der Waals surface area contributed by atoms with Crippen LogP contribution in [0.25, 0.3) is 0 Å². The van der Waals surface area contributed by atoms with Crippen LogP contribution in [0.3, 0.4) is 0 Å². The Morgan fingerprint density at radius 2 is 1.74 bits per heavy atom. The third-order valence-corrected chi connectivity index (χ3v) is 5.22. The highest BCUT2D eigenvalue weighted by Gasteiger charge is 2.21. The van der Waals surface area contributed by atoms with Gasteiger partial charge in [-0.15, -0.1) is 0 Å². The molecule has 0 aromatic heterocycles. The highest BCUT2D eigenvalue weighted by Crippen LogP contribution is 2.19. The molecule has 0 aliphatic heterocycles. The Labute approximate surface area is 159 Å². The molecule has 0 heterocycles. The summed E-state index contributed by atoms with van der Waals surface area (Å²) in [6, 6.07) is 15.1. The lowest BCUT2D eigenvalue weighted by atomic mass is 10.2. The Kier molecular flexibility index (Phi) is 7.03. The topological polar surface area (TPSA) is 72.9 Å². The lowest BCUT2D eigenvalue weighted by molar-refractivity contribution is -0.134. The number of carbonyl (C=O) groups excluding carboxylic acids is 1. The number of sulfonamides is 1. The van der Waals surface area contributed by atoms with Gasteiger partial charge in [-0.05, 0) is 36.4 Å². The van der Waals surface area contributed by atoms with Gasteiger partial charge in [0, 0.05) is 17.8 Å². The third kappa shape index (κ3) is 5.62. The first-order chi connectivity index (χ1) is 13.0. The summed E-state index contributed by atoms with van der Waals surface area (Å²) < 4.78 is 36.3. The fourth-order valence-electron chi connectivity index (χ4n) is 2.05. The van der Waals surface area contributed by atoms with Gasteiger partial charge in [-0.25, -0.2) is 13.2 Å². The summed E-state index contributed by atoms with van der Waals surface area (Å²) in [5.41, 5.74) is 0.760. The second-order valence-electron chi connectivity index (χ2n) is 5.23. The van der Waals surface area contributed by atoms with Gasteiger partial charge in [0.25, 0.3) is 10.0 Å². The van der Waals surface area contributed by atoms with E-state index in [1.165, 1.54) is 26.4 Å². The first kappa shape index (κ1) is 20.1. The molecule has 0 atom stereocenters. The van der Waals surface area contributed by atoms with E-state index in [9.17, 15) is 13.2 Å². The molecule has 7 heteroatoms. The van der Waals surface area contributed by atoms with E-state index in [0.29, 0.717) is 5.75 Å². The van der Waals surface area contributed by atoms with Crippen LogP contribution in [-0.2, 0) is 19.6 Å². The predicted molar refractivity (Wildman–Crippen MR) is 101 cm³/mol. The molecule has 0 amide bonds. The molecule has 0 bridgehead atoms. The first-order valence-electron chi connectivity index (χ1n) is 7.93. The van der Waals surface area contributed by atoms with Crippen molar-refractivity contribution in [2.24, 2.45) is 0 Å². The van der Waals surface area contributed by atoms with Crippen molar-refractivity contribution in [1.82, 2.24) is 4.31 Å². The highest BCUT2D eigenvalue weighted by molar-refractivity contribution is 7.89. The van der Waals surface area contributed by atoms with Gasteiger partial charge in [-0.3, -0.25) is 4.31 Å². The van der Waals surface area contributed by atoms with Crippen molar-refractivity contribution in [3.8, 4) is 17.6 Å². The maximum Gasteiger partial charge on any atom is 0.331 e. The number of methoxy groups -OCH3 is 2. The summed E-state index contributed by atoms with van der Waals surface area (Å²) in [6.45, 7) is -0.128. The summed E-state index contributed by atoms with van der Waals surface area (Å²) in [7, 11) is -1.20. The summed E-state index contributed by atoms with van der Waals surface area (Å²) in [5, 5.41) is 0. The lowest BCUT2D eigenvalue weighted by Gasteiger charge is -2.18. The minimum Gasteiger partial charge on any atom is -0.497 e. The van der Waals surface area contributed by atoms with E-state index in [0.717, 1.165) is 22.1 Å². The Morgan fingerprint density at radius 3 is 2.33 bits per heavy atom.